The van der Waals surface area contributed by atoms with Gasteiger partial charge in [-0.05, 0) is 42.0 Å². The molecule has 0 heterocycles. The Bertz CT molecular complexity index is 557. The molecule has 1 aliphatic rings. The molecule has 0 radical (unpaired) electrons. The average molecular weight is 255 g/mol. The van der Waals surface area contributed by atoms with Crippen molar-refractivity contribution in [3.63, 3.8) is 0 Å². The van der Waals surface area contributed by atoms with Gasteiger partial charge in [0.1, 0.15) is 0 Å². The summed E-state index contributed by atoms with van der Waals surface area (Å²) < 4.78 is 5.91. The van der Waals surface area contributed by atoms with Crippen molar-refractivity contribution in [3.05, 3.63) is 48.0 Å². The molecule has 1 fully saturated rings. The van der Waals surface area contributed by atoms with Crippen molar-refractivity contribution in [2.75, 3.05) is 6.61 Å². The van der Waals surface area contributed by atoms with Gasteiger partial charge in [0, 0.05) is 6.61 Å². The van der Waals surface area contributed by atoms with Gasteiger partial charge < -0.3 is 10.5 Å². The highest BCUT2D eigenvalue weighted by molar-refractivity contribution is 5.86. The van der Waals surface area contributed by atoms with E-state index in [1.54, 1.807) is 0 Å². The highest BCUT2D eigenvalue weighted by Crippen LogP contribution is 2.40. The Hall–Kier alpha value is -1.38. The third kappa shape index (κ3) is 2.51. The van der Waals surface area contributed by atoms with Gasteiger partial charge in [0.2, 0.25) is 0 Å². The highest BCUT2D eigenvalue weighted by atomic mass is 16.5. The third-order valence-corrected chi connectivity index (χ3v) is 3.98. The van der Waals surface area contributed by atoms with Crippen LogP contribution in [-0.4, -0.2) is 12.7 Å². The van der Waals surface area contributed by atoms with Gasteiger partial charge >= 0.3 is 0 Å². The summed E-state index contributed by atoms with van der Waals surface area (Å²) in [5.74, 6) is 0.647. The Kier molecular flexibility index (Phi) is 3.54. The predicted molar refractivity (Wildman–Crippen MR) is 79.0 cm³/mol. The van der Waals surface area contributed by atoms with E-state index in [1.165, 1.54) is 29.2 Å². The molecule has 19 heavy (non-hydrogen) atoms. The van der Waals surface area contributed by atoms with Gasteiger partial charge in [0.25, 0.3) is 0 Å². The fourth-order valence-corrected chi connectivity index (χ4v) is 2.87. The SMILES string of the molecule is CCOC(C1CC1)C(N)c1cccc2ccccc12. The first-order valence-electron chi connectivity index (χ1n) is 7.16. The number of benzene rings is 2. The lowest BCUT2D eigenvalue weighted by Gasteiger charge is -2.25. The van der Waals surface area contributed by atoms with Crippen molar-refractivity contribution >= 4 is 10.8 Å². The van der Waals surface area contributed by atoms with Crippen LogP contribution >= 0.6 is 0 Å². The molecule has 2 nitrogen and oxygen atoms in total. The molecule has 2 aromatic carbocycles. The number of ether oxygens (including phenoxy) is 1. The highest BCUT2D eigenvalue weighted by Gasteiger charge is 2.36. The van der Waals surface area contributed by atoms with E-state index in [0.29, 0.717) is 5.92 Å². The van der Waals surface area contributed by atoms with Crippen LogP contribution in [0.25, 0.3) is 10.8 Å². The minimum Gasteiger partial charge on any atom is -0.376 e. The van der Waals surface area contributed by atoms with Crippen molar-refractivity contribution < 1.29 is 4.74 Å². The molecule has 1 aliphatic carbocycles. The third-order valence-electron chi connectivity index (χ3n) is 3.98. The molecule has 2 aromatic rings. The normalized spacial score (nSPS) is 18.4. The standard InChI is InChI=1S/C17H21NO/c1-2-19-17(13-10-11-13)16(18)15-9-5-7-12-6-3-4-8-14(12)15/h3-9,13,16-17H,2,10-11,18H2,1H3. The van der Waals surface area contributed by atoms with Crippen LogP contribution in [0.4, 0.5) is 0 Å². The maximum atomic E-state index is 6.51. The Morgan fingerprint density at radius 1 is 1.16 bits per heavy atom. The first kappa shape index (κ1) is 12.6. The molecule has 2 unspecified atom stereocenters. The second kappa shape index (κ2) is 5.32. The van der Waals surface area contributed by atoms with E-state index in [-0.39, 0.29) is 12.1 Å². The van der Waals surface area contributed by atoms with Crippen LogP contribution in [0.3, 0.4) is 0 Å². The first-order valence-corrected chi connectivity index (χ1v) is 7.16. The molecule has 0 spiro atoms. The number of fused-ring (bicyclic) bond motifs is 1. The number of hydrogen-bond acceptors (Lipinski definition) is 2. The fraction of sp³-hybridized carbons (Fsp3) is 0.412. The lowest BCUT2D eigenvalue weighted by molar-refractivity contribution is 0.0286. The summed E-state index contributed by atoms with van der Waals surface area (Å²) in [7, 11) is 0. The molecule has 0 aromatic heterocycles. The predicted octanol–water partition coefficient (Wildman–Crippen LogP) is 3.65. The van der Waals surface area contributed by atoms with Gasteiger partial charge in [-0.3, -0.25) is 0 Å². The molecule has 0 saturated heterocycles. The molecule has 100 valence electrons. The van der Waals surface area contributed by atoms with E-state index in [4.69, 9.17) is 10.5 Å². The Labute approximate surface area is 114 Å². The molecular formula is C17H21NO. The van der Waals surface area contributed by atoms with Crippen molar-refractivity contribution in [1.82, 2.24) is 0 Å². The maximum Gasteiger partial charge on any atom is 0.0795 e. The summed E-state index contributed by atoms with van der Waals surface area (Å²) in [6.07, 6.45) is 2.67. The lowest BCUT2D eigenvalue weighted by Crippen LogP contribution is -2.31. The van der Waals surface area contributed by atoms with E-state index in [0.717, 1.165) is 6.61 Å². The van der Waals surface area contributed by atoms with Crippen LogP contribution in [0.15, 0.2) is 42.5 Å². The largest absolute Gasteiger partial charge is 0.376 e. The van der Waals surface area contributed by atoms with Gasteiger partial charge in [0.15, 0.2) is 0 Å². The maximum absolute atomic E-state index is 6.51. The lowest BCUT2D eigenvalue weighted by atomic mass is 9.94. The number of nitrogens with two attached hydrogens (primary N) is 1. The van der Waals surface area contributed by atoms with Crippen molar-refractivity contribution in [2.45, 2.75) is 31.9 Å². The molecule has 0 amide bonds. The topological polar surface area (TPSA) is 35.2 Å². The second-order valence-electron chi connectivity index (χ2n) is 5.35. The molecule has 1 saturated carbocycles. The minimum absolute atomic E-state index is 0.0291. The van der Waals surface area contributed by atoms with Crippen molar-refractivity contribution in [3.8, 4) is 0 Å². The molecule has 2 atom stereocenters. The molecular weight excluding hydrogens is 234 g/mol. The fourth-order valence-electron chi connectivity index (χ4n) is 2.87. The van der Waals surface area contributed by atoms with Gasteiger partial charge in [0.05, 0.1) is 12.1 Å². The van der Waals surface area contributed by atoms with Gasteiger partial charge in [-0.1, -0.05) is 42.5 Å². The minimum atomic E-state index is -0.0291. The summed E-state index contributed by atoms with van der Waals surface area (Å²) in [5.41, 5.74) is 7.72. The van der Waals surface area contributed by atoms with E-state index >= 15 is 0 Å². The summed E-state index contributed by atoms with van der Waals surface area (Å²) in [4.78, 5) is 0. The monoisotopic (exact) mass is 255 g/mol. The molecule has 0 bridgehead atoms. The summed E-state index contributed by atoms with van der Waals surface area (Å²) >= 11 is 0. The summed E-state index contributed by atoms with van der Waals surface area (Å²) in [6.45, 7) is 2.78. The zero-order valence-corrected chi connectivity index (χ0v) is 11.4. The number of rotatable bonds is 5. The zero-order chi connectivity index (χ0) is 13.2. The smallest absolute Gasteiger partial charge is 0.0795 e. The van der Waals surface area contributed by atoms with Gasteiger partial charge in [-0.2, -0.15) is 0 Å². The Balaban J connectivity index is 1.98. The average Bonchev–Trinajstić information content (AvgIpc) is 3.28. The zero-order valence-electron chi connectivity index (χ0n) is 11.4. The number of hydrogen-bond donors (Lipinski definition) is 1. The quantitative estimate of drug-likeness (QED) is 0.885. The van der Waals surface area contributed by atoms with Crippen molar-refractivity contribution in [1.29, 1.82) is 0 Å². The molecule has 0 aliphatic heterocycles. The van der Waals surface area contributed by atoms with E-state index < -0.39 is 0 Å². The van der Waals surface area contributed by atoms with E-state index in [1.807, 2.05) is 6.92 Å². The molecule has 2 N–H and O–H groups in total. The first-order chi connectivity index (χ1) is 9.31. The van der Waals surface area contributed by atoms with Crippen LogP contribution in [0.2, 0.25) is 0 Å². The Morgan fingerprint density at radius 2 is 1.89 bits per heavy atom. The van der Waals surface area contributed by atoms with Crippen LogP contribution in [0.1, 0.15) is 31.4 Å². The summed E-state index contributed by atoms with van der Waals surface area (Å²) in [6, 6.07) is 14.8. The van der Waals surface area contributed by atoms with Crippen LogP contribution in [0, 0.1) is 5.92 Å². The van der Waals surface area contributed by atoms with Crippen LogP contribution in [0.5, 0.6) is 0 Å². The van der Waals surface area contributed by atoms with Crippen LogP contribution < -0.4 is 5.73 Å². The summed E-state index contributed by atoms with van der Waals surface area (Å²) in [5, 5.41) is 2.50. The van der Waals surface area contributed by atoms with Gasteiger partial charge in [-0.25, -0.2) is 0 Å². The molecule has 2 heteroatoms. The van der Waals surface area contributed by atoms with E-state index in [2.05, 4.69) is 42.5 Å². The van der Waals surface area contributed by atoms with Crippen LogP contribution in [-0.2, 0) is 4.74 Å². The van der Waals surface area contributed by atoms with E-state index in [9.17, 15) is 0 Å². The van der Waals surface area contributed by atoms with Gasteiger partial charge in [-0.15, -0.1) is 0 Å². The second-order valence-corrected chi connectivity index (χ2v) is 5.35. The molecule has 3 rings (SSSR count). The van der Waals surface area contributed by atoms with Crippen molar-refractivity contribution in [2.24, 2.45) is 11.7 Å². The Morgan fingerprint density at radius 3 is 2.63 bits per heavy atom.